The topological polar surface area (TPSA) is 50.5 Å². The number of aromatic nitrogens is 3. The van der Waals surface area contributed by atoms with Gasteiger partial charge < -0.3 is 4.90 Å². The molecule has 5 nitrogen and oxygen atoms in total. The first kappa shape index (κ1) is 14.4. The molecule has 4 heterocycles. The number of pyridine rings is 1. The number of rotatable bonds is 3. The van der Waals surface area contributed by atoms with Crippen LogP contribution in [0.15, 0.2) is 41.9 Å². The van der Waals surface area contributed by atoms with E-state index in [1.54, 1.807) is 11.3 Å². The number of thiophene rings is 1. The van der Waals surface area contributed by atoms with Crippen LogP contribution in [0.1, 0.15) is 29.5 Å². The molecule has 118 valence electrons. The van der Waals surface area contributed by atoms with E-state index in [-0.39, 0.29) is 11.8 Å². The van der Waals surface area contributed by atoms with Crippen LogP contribution >= 0.6 is 11.3 Å². The monoisotopic (exact) mass is 326 g/mol. The predicted octanol–water partition coefficient (Wildman–Crippen LogP) is 2.74. The Morgan fingerprint density at radius 1 is 1.26 bits per heavy atom. The SMILES string of the molecule is O=C(Cc1cccs1)N1CCCC(c2nnc3ccccn23)C1. The second-order valence-electron chi connectivity index (χ2n) is 5.92. The van der Waals surface area contributed by atoms with Crippen molar-refractivity contribution in [1.82, 2.24) is 19.5 Å². The van der Waals surface area contributed by atoms with Gasteiger partial charge >= 0.3 is 0 Å². The van der Waals surface area contributed by atoms with E-state index in [1.165, 1.54) is 0 Å². The molecular formula is C17H18N4OS. The van der Waals surface area contributed by atoms with Crippen molar-refractivity contribution < 1.29 is 4.79 Å². The molecule has 3 aromatic rings. The molecule has 1 atom stereocenters. The highest BCUT2D eigenvalue weighted by Gasteiger charge is 2.27. The maximum absolute atomic E-state index is 12.5. The van der Waals surface area contributed by atoms with E-state index in [4.69, 9.17) is 0 Å². The average Bonchev–Trinajstić information content (AvgIpc) is 3.24. The van der Waals surface area contributed by atoms with Crippen molar-refractivity contribution >= 4 is 22.9 Å². The second kappa shape index (κ2) is 6.12. The highest BCUT2D eigenvalue weighted by atomic mass is 32.1. The van der Waals surface area contributed by atoms with E-state index in [1.807, 2.05) is 51.2 Å². The van der Waals surface area contributed by atoms with Gasteiger partial charge in [-0.1, -0.05) is 12.1 Å². The molecule has 0 N–H and O–H groups in total. The Morgan fingerprint density at radius 2 is 2.22 bits per heavy atom. The lowest BCUT2D eigenvalue weighted by atomic mass is 9.97. The molecule has 1 saturated heterocycles. The standard InChI is InChI=1S/C17H18N4OS/c22-16(11-14-6-4-10-23-14)20-8-3-5-13(12-20)17-19-18-15-7-1-2-9-21(15)17/h1-2,4,6-7,9-10,13H,3,5,8,11-12H2. The number of amides is 1. The Labute approximate surface area is 138 Å². The molecule has 0 spiro atoms. The van der Waals surface area contributed by atoms with E-state index in [9.17, 15) is 4.79 Å². The summed E-state index contributed by atoms with van der Waals surface area (Å²) in [5.74, 6) is 1.44. The third-order valence-electron chi connectivity index (χ3n) is 4.38. The average molecular weight is 326 g/mol. The van der Waals surface area contributed by atoms with Gasteiger partial charge in [-0.05, 0) is 36.4 Å². The lowest BCUT2D eigenvalue weighted by Crippen LogP contribution is -2.40. The smallest absolute Gasteiger partial charge is 0.227 e. The van der Waals surface area contributed by atoms with E-state index in [0.29, 0.717) is 6.42 Å². The molecule has 0 radical (unpaired) electrons. The highest BCUT2D eigenvalue weighted by molar-refractivity contribution is 7.10. The van der Waals surface area contributed by atoms with Crippen molar-refractivity contribution in [2.45, 2.75) is 25.2 Å². The van der Waals surface area contributed by atoms with Gasteiger partial charge in [0.2, 0.25) is 5.91 Å². The minimum atomic E-state index is 0.214. The predicted molar refractivity (Wildman–Crippen MR) is 89.6 cm³/mol. The van der Waals surface area contributed by atoms with E-state index in [2.05, 4.69) is 10.2 Å². The highest BCUT2D eigenvalue weighted by Crippen LogP contribution is 2.26. The summed E-state index contributed by atoms with van der Waals surface area (Å²) >= 11 is 1.64. The summed E-state index contributed by atoms with van der Waals surface area (Å²) in [5.41, 5.74) is 0.865. The first-order valence-electron chi connectivity index (χ1n) is 7.91. The zero-order valence-corrected chi connectivity index (χ0v) is 13.6. The Morgan fingerprint density at radius 3 is 3.09 bits per heavy atom. The Balaban J connectivity index is 1.51. The van der Waals surface area contributed by atoms with Gasteiger partial charge in [-0.15, -0.1) is 21.5 Å². The van der Waals surface area contributed by atoms with Gasteiger partial charge in [-0.2, -0.15) is 0 Å². The molecule has 1 unspecified atom stereocenters. The number of hydrogen-bond donors (Lipinski definition) is 0. The third kappa shape index (κ3) is 2.86. The number of carbonyl (C=O) groups excluding carboxylic acids is 1. The minimum Gasteiger partial charge on any atom is -0.342 e. The summed E-state index contributed by atoms with van der Waals surface area (Å²) in [4.78, 5) is 15.6. The molecule has 1 aliphatic heterocycles. The lowest BCUT2D eigenvalue weighted by molar-refractivity contribution is -0.131. The number of nitrogens with zero attached hydrogens (tertiary/aromatic N) is 4. The molecule has 0 saturated carbocycles. The number of fused-ring (bicyclic) bond motifs is 1. The van der Waals surface area contributed by atoms with Crippen molar-refractivity contribution in [2.24, 2.45) is 0 Å². The van der Waals surface area contributed by atoms with Crippen molar-refractivity contribution in [3.63, 3.8) is 0 Å². The molecule has 0 aromatic carbocycles. The van der Waals surface area contributed by atoms with Crippen molar-refractivity contribution in [2.75, 3.05) is 13.1 Å². The first-order valence-corrected chi connectivity index (χ1v) is 8.79. The molecule has 0 bridgehead atoms. The summed E-state index contributed by atoms with van der Waals surface area (Å²) in [6.45, 7) is 1.58. The van der Waals surface area contributed by atoms with E-state index in [0.717, 1.165) is 42.3 Å². The quantitative estimate of drug-likeness (QED) is 0.743. The van der Waals surface area contributed by atoms with Crippen LogP contribution in [0, 0.1) is 0 Å². The largest absolute Gasteiger partial charge is 0.342 e. The number of hydrogen-bond acceptors (Lipinski definition) is 4. The van der Waals surface area contributed by atoms with E-state index >= 15 is 0 Å². The van der Waals surface area contributed by atoms with Gasteiger partial charge in [0.15, 0.2) is 5.65 Å². The van der Waals surface area contributed by atoms with Gasteiger partial charge in [0, 0.05) is 30.1 Å². The van der Waals surface area contributed by atoms with Crippen LogP contribution in [0.2, 0.25) is 0 Å². The van der Waals surface area contributed by atoms with Crippen LogP contribution in [-0.2, 0) is 11.2 Å². The molecule has 1 aliphatic rings. The van der Waals surface area contributed by atoms with Crippen molar-refractivity contribution in [3.8, 4) is 0 Å². The van der Waals surface area contributed by atoms with Crippen LogP contribution < -0.4 is 0 Å². The summed E-state index contributed by atoms with van der Waals surface area (Å²) in [6, 6.07) is 9.93. The van der Waals surface area contributed by atoms with Crippen LogP contribution in [0.3, 0.4) is 0 Å². The normalized spacial score (nSPS) is 18.4. The first-order chi connectivity index (χ1) is 11.3. The van der Waals surface area contributed by atoms with Crippen LogP contribution in [0.25, 0.3) is 5.65 Å². The summed E-state index contributed by atoms with van der Waals surface area (Å²) in [5, 5.41) is 10.6. The van der Waals surface area contributed by atoms with Gasteiger partial charge in [0.1, 0.15) is 5.82 Å². The summed E-state index contributed by atoms with van der Waals surface area (Å²) < 4.78 is 2.04. The van der Waals surface area contributed by atoms with Gasteiger partial charge in [-0.25, -0.2) is 0 Å². The van der Waals surface area contributed by atoms with Gasteiger partial charge in [0.25, 0.3) is 0 Å². The minimum absolute atomic E-state index is 0.214. The molecule has 3 aromatic heterocycles. The summed E-state index contributed by atoms with van der Waals surface area (Å²) in [7, 11) is 0. The fourth-order valence-corrected chi connectivity index (χ4v) is 3.92. The molecule has 1 fully saturated rings. The molecule has 0 aliphatic carbocycles. The Hall–Kier alpha value is -2.21. The van der Waals surface area contributed by atoms with Crippen LogP contribution in [0.5, 0.6) is 0 Å². The molecule has 4 rings (SSSR count). The maximum atomic E-state index is 12.5. The van der Waals surface area contributed by atoms with Crippen LogP contribution in [0.4, 0.5) is 0 Å². The van der Waals surface area contributed by atoms with E-state index < -0.39 is 0 Å². The lowest BCUT2D eigenvalue weighted by Gasteiger charge is -2.32. The number of likely N-dealkylation sites (tertiary alicyclic amines) is 1. The number of carbonyl (C=O) groups is 1. The molecule has 6 heteroatoms. The maximum Gasteiger partial charge on any atom is 0.227 e. The molecular weight excluding hydrogens is 308 g/mol. The zero-order valence-electron chi connectivity index (χ0n) is 12.8. The Bertz CT molecular complexity index is 811. The fraction of sp³-hybridized carbons (Fsp3) is 0.353. The fourth-order valence-electron chi connectivity index (χ4n) is 3.23. The van der Waals surface area contributed by atoms with Gasteiger partial charge in [0.05, 0.1) is 6.42 Å². The Kier molecular flexibility index (Phi) is 3.83. The third-order valence-corrected chi connectivity index (χ3v) is 5.26. The van der Waals surface area contributed by atoms with Crippen molar-refractivity contribution in [1.29, 1.82) is 0 Å². The number of piperidine rings is 1. The van der Waals surface area contributed by atoms with Crippen molar-refractivity contribution in [3.05, 3.63) is 52.6 Å². The van der Waals surface area contributed by atoms with Crippen LogP contribution in [-0.4, -0.2) is 38.5 Å². The summed E-state index contributed by atoms with van der Waals surface area (Å²) in [6.07, 6.45) is 4.57. The second-order valence-corrected chi connectivity index (χ2v) is 6.95. The van der Waals surface area contributed by atoms with Gasteiger partial charge in [-0.3, -0.25) is 9.20 Å². The molecule has 23 heavy (non-hydrogen) atoms. The molecule has 1 amide bonds. The zero-order chi connectivity index (χ0) is 15.6.